The molecule has 1 aromatic rings. The summed E-state index contributed by atoms with van der Waals surface area (Å²) in [6.07, 6.45) is 1.59. The third-order valence-corrected chi connectivity index (χ3v) is 5.69. The number of anilines is 1. The molecule has 3 heteroatoms. The molecule has 1 aliphatic carbocycles. The quantitative estimate of drug-likeness (QED) is 0.629. The van der Waals surface area contributed by atoms with Crippen molar-refractivity contribution in [2.45, 2.75) is 64.6 Å². The van der Waals surface area contributed by atoms with Crippen molar-refractivity contribution in [1.82, 2.24) is 0 Å². The molecule has 0 radical (unpaired) electrons. The predicted molar refractivity (Wildman–Crippen MR) is 95.4 cm³/mol. The summed E-state index contributed by atoms with van der Waals surface area (Å²) < 4.78 is 0. The lowest BCUT2D eigenvalue weighted by Gasteiger charge is -2.54. The van der Waals surface area contributed by atoms with E-state index in [-0.39, 0.29) is 17.3 Å². The van der Waals surface area contributed by atoms with Crippen LogP contribution in [-0.2, 0) is 0 Å². The van der Waals surface area contributed by atoms with Gasteiger partial charge in [-0.25, -0.2) is 0 Å². The Hall–Kier alpha value is -0.730. The zero-order valence-corrected chi connectivity index (χ0v) is 15.2. The molecule has 4 unspecified atom stereocenters. The number of nitrogens with zero attached hydrogens (tertiary/aromatic N) is 1. The van der Waals surface area contributed by atoms with Gasteiger partial charge in [0.2, 0.25) is 0 Å². The summed E-state index contributed by atoms with van der Waals surface area (Å²) in [6.45, 7) is 10.8. The molecular formula is C19H30ClNO. The molecule has 4 atom stereocenters. The molecule has 1 N–H and O–H groups in total. The van der Waals surface area contributed by atoms with Crippen LogP contribution >= 0.6 is 11.6 Å². The lowest BCUT2D eigenvalue weighted by atomic mass is 9.70. The third-order valence-electron chi connectivity index (χ3n) is 5.09. The molecule has 124 valence electrons. The molecule has 0 heterocycles. The van der Waals surface area contributed by atoms with Gasteiger partial charge in [0.1, 0.15) is 5.72 Å². The Balaban J connectivity index is 2.46. The number of alkyl halides is 1. The van der Waals surface area contributed by atoms with Crippen molar-refractivity contribution in [3.05, 3.63) is 30.3 Å². The van der Waals surface area contributed by atoms with Crippen molar-refractivity contribution in [3.63, 3.8) is 0 Å². The van der Waals surface area contributed by atoms with Crippen LogP contribution < -0.4 is 4.90 Å². The van der Waals surface area contributed by atoms with Gasteiger partial charge in [0.25, 0.3) is 0 Å². The average molecular weight is 324 g/mol. The highest BCUT2D eigenvalue weighted by molar-refractivity contribution is 6.20. The van der Waals surface area contributed by atoms with Crippen LogP contribution in [0.2, 0.25) is 0 Å². The third kappa shape index (κ3) is 3.28. The zero-order chi connectivity index (χ0) is 16.5. The van der Waals surface area contributed by atoms with Gasteiger partial charge in [0, 0.05) is 23.0 Å². The summed E-state index contributed by atoms with van der Waals surface area (Å²) in [5, 5.41) is 11.9. The van der Waals surface area contributed by atoms with Crippen molar-refractivity contribution < 1.29 is 5.11 Å². The minimum Gasteiger partial charge on any atom is -0.371 e. The van der Waals surface area contributed by atoms with Crippen LogP contribution in [0.5, 0.6) is 0 Å². The molecule has 1 fully saturated rings. The number of hydrogen-bond donors (Lipinski definition) is 1. The van der Waals surface area contributed by atoms with Crippen molar-refractivity contribution in [3.8, 4) is 0 Å². The monoisotopic (exact) mass is 323 g/mol. The Morgan fingerprint density at radius 1 is 1.18 bits per heavy atom. The first-order valence-electron chi connectivity index (χ1n) is 8.48. The Kier molecular flexibility index (Phi) is 5.45. The van der Waals surface area contributed by atoms with E-state index in [0.717, 1.165) is 18.5 Å². The number of halogens is 1. The topological polar surface area (TPSA) is 23.5 Å². The SMILES string of the molecule is CC(C)C1CC(Cl)C(C)CC1(O)N(c1ccccc1)C(C)C. The minimum atomic E-state index is -0.839. The molecule has 0 aliphatic heterocycles. The van der Waals surface area contributed by atoms with E-state index in [2.05, 4.69) is 51.7 Å². The second-order valence-electron chi connectivity index (χ2n) is 7.46. The molecule has 2 nitrogen and oxygen atoms in total. The van der Waals surface area contributed by atoms with Gasteiger partial charge in [-0.15, -0.1) is 11.6 Å². The Morgan fingerprint density at radius 2 is 1.77 bits per heavy atom. The fraction of sp³-hybridized carbons (Fsp3) is 0.684. The molecule has 1 aromatic carbocycles. The van der Waals surface area contributed by atoms with Crippen molar-refractivity contribution in [2.24, 2.45) is 17.8 Å². The van der Waals surface area contributed by atoms with Gasteiger partial charge in [-0.05, 0) is 50.7 Å². The molecule has 0 saturated heterocycles. The second-order valence-corrected chi connectivity index (χ2v) is 8.02. The molecule has 22 heavy (non-hydrogen) atoms. The van der Waals surface area contributed by atoms with E-state index in [1.807, 2.05) is 18.2 Å². The van der Waals surface area contributed by atoms with Gasteiger partial charge in [0.15, 0.2) is 0 Å². The van der Waals surface area contributed by atoms with E-state index >= 15 is 0 Å². The molecule has 0 bridgehead atoms. The summed E-state index contributed by atoms with van der Waals surface area (Å²) in [5.41, 5.74) is 0.250. The fourth-order valence-electron chi connectivity index (χ4n) is 4.06. The first-order valence-corrected chi connectivity index (χ1v) is 8.91. The maximum atomic E-state index is 11.7. The van der Waals surface area contributed by atoms with E-state index in [0.29, 0.717) is 11.8 Å². The van der Waals surface area contributed by atoms with Gasteiger partial charge < -0.3 is 10.0 Å². The minimum absolute atomic E-state index is 0.150. The van der Waals surface area contributed by atoms with Crippen LogP contribution in [0.15, 0.2) is 30.3 Å². The first-order chi connectivity index (χ1) is 10.3. The Labute approximate surface area is 140 Å². The molecule has 0 amide bonds. The number of benzene rings is 1. The van der Waals surface area contributed by atoms with Gasteiger partial charge >= 0.3 is 0 Å². The number of hydrogen-bond acceptors (Lipinski definition) is 2. The Morgan fingerprint density at radius 3 is 2.27 bits per heavy atom. The van der Waals surface area contributed by atoms with E-state index in [9.17, 15) is 5.11 Å². The van der Waals surface area contributed by atoms with Crippen LogP contribution in [0.1, 0.15) is 47.5 Å². The van der Waals surface area contributed by atoms with Gasteiger partial charge in [0.05, 0.1) is 0 Å². The highest BCUT2D eigenvalue weighted by atomic mass is 35.5. The predicted octanol–water partition coefficient (Wildman–Crippen LogP) is 4.90. The van der Waals surface area contributed by atoms with E-state index in [4.69, 9.17) is 11.6 Å². The van der Waals surface area contributed by atoms with Crippen LogP contribution in [0.3, 0.4) is 0 Å². The number of para-hydroxylation sites is 1. The number of rotatable bonds is 4. The summed E-state index contributed by atoms with van der Waals surface area (Å²) in [4.78, 5) is 2.21. The summed E-state index contributed by atoms with van der Waals surface area (Å²) in [7, 11) is 0. The molecule has 1 saturated carbocycles. The normalized spacial score (nSPS) is 32.5. The van der Waals surface area contributed by atoms with Crippen molar-refractivity contribution in [1.29, 1.82) is 0 Å². The standard InChI is InChI=1S/C19H30ClNO/c1-13(2)17-11-18(20)15(5)12-19(17,22)21(14(3)4)16-9-7-6-8-10-16/h6-10,13-15,17-18,22H,11-12H2,1-5H3. The van der Waals surface area contributed by atoms with Gasteiger partial charge in [-0.2, -0.15) is 0 Å². The van der Waals surface area contributed by atoms with Crippen molar-refractivity contribution >= 4 is 17.3 Å². The van der Waals surface area contributed by atoms with Gasteiger partial charge in [-0.3, -0.25) is 0 Å². The summed E-state index contributed by atoms with van der Waals surface area (Å²) in [5.74, 6) is 0.879. The lowest BCUT2D eigenvalue weighted by Crippen LogP contribution is -2.62. The highest BCUT2D eigenvalue weighted by Gasteiger charge is 2.50. The highest BCUT2D eigenvalue weighted by Crippen LogP contribution is 2.47. The fourth-order valence-corrected chi connectivity index (χ4v) is 4.34. The van der Waals surface area contributed by atoms with Crippen LogP contribution in [0.4, 0.5) is 5.69 Å². The molecule has 0 aromatic heterocycles. The van der Waals surface area contributed by atoms with Crippen molar-refractivity contribution in [2.75, 3.05) is 4.90 Å². The molecule has 2 rings (SSSR count). The largest absolute Gasteiger partial charge is 0.371 e. The van der Waals surface area contributed by atoms with E-state index < -0.39 is 5.72 Å². The lowest BCUT2D eigenvalue weighted by molar-refractivity contribution is -0.0840. The zero-order valence-electron chi connectivity index (χ0n) is 14.5. The first kappa shape index (κ1) is 17.6. The summed E-state index contributed by atoms with van der Waals surface area (Å²) >= 11 is 6.53. The molecular weight excluding hydrogens is 294 g/mol. The van der Waals surface area contributed by atoms with Crippen LogP contribution in [0, 0.1) is 17.8 Å². The van der Waals surface area contributed by atoms with Gasteiger partial charge in [-0.1, -0.05) is 39.0 Å². The van der Waals surface area contributed by atoms with E-state index in [1.165, 1.54) is 0 Å². The van der Waals surface area contributed by atoms with E-state index in [1.54, 1.807) is 0 Å². The maximum Gasteiger partial charge on any atom is 0.141 e. The maximum absolute atomic E-state index is 11.7. The smallest absolute Gasteiger partial charge is 0.141 e. The average Bonchev–Trinajstić information content (AvgIpc) is 2.43. The van der Waals surface area contributed by atoms with Crippen LogP contribution in [-0.4, -0.2) is 22.3 Å². The molecule has 1 aliphatic rings. The molecule has 0 spiro atoms. The number of aliphatic hydroxyl groups is 1. The second kappa shape index (κ2) is 6.80. The summed E-state index contributed by atoms with van der Waals surface area (Å²) in [6, 6.07) is 10.5. The van der Waals surface area contributed by atoms with Crippen LogP contribution in [0.25, 0.3) is 0 Å². The Bertz CT molecular complexity index is 476.